The van der Waals surface area contributed by atoms with Crippen LogP contribution in [0.4, 0.5) is 13.2 Å². The zero-order valence-electron chi connectivity index (χ0n) is 11.5. The van der Waals surface area contributed by atoms with Crippen molar-refractivity contribution in [2.45, 2.75) is 13.1 Å². The number of nitrogens with zero attached hydrogens (tertiary/aromatic N) is 1. The molecule has 22 heavy (non-hydrogen) atoms. The van der Waals surface area contributed by atoms with Gasteiger partial charge in [0.1, 0.15) is 5.82 Å². The minimum Gasteiger partial charge on any atom is -0.338 e. The fourth-order valence-corrected chi connectivity index (χ4v) is 2.21. The fraction of sp³-hybridized carbons (Fsp3) is 0.125. The van der Waals surface area contributed by atoms with E-state index in [1.54, 1.807) is 24.3 Å². The number of aromatic amines is 1. The molecule has 0 atom stereocenters. The summed E-state index contributed by atoms with van der Waals surface area (Å²) in [5.41, 5.74) is 1.34. The number of halogens is 3. The van der Waals surface area contributed by atoms with Crippen LogP contribution < -0.4 is 0 Å². The second-order valence-corrected chi connectivity index (χ2v) is 4.95. The van der Waals surface area contributed by atoms with Gasteiger partial charge in [0.2, 0.25) is 0 Å². The van der Waals surface area contributed by atoms with E-state index in [-0.39, 0.29) is 5.78 Å². The van der Waals surface area contributed by atoms with E-state index in [9.17, 15) is 18.0 Å². The Morgan fingerprint density at radius 3 is 2.59 bits per heavy atom. The number of H-pyrrole nitrogens is 1. The first-order chi connectivity index (χ1) is 10.3. The van der Waals surface area contributed by atoms with E-state index in [1.165, 1.54) is 13.0 Å². The second kappa shape index (κ2) is 4.98. The van der Waals surface area contributed by atoms with Gasteiger partial charge in [-0.3, -0.25) is 4.79 Å². The Morgan fingerprint density at radius 1 is 1.14 bits per heavy atom. The Balaban J connectivity index is 2.09. The van der Waals surface area contributed by atoms with Gasteiger partial charge in [0, 0.05) is 11.1 Å². The molecule has 1 N–H and O–H groups in total. The summed E-state index contributed by atoms with van der Waals surface area (Å²) in [6.45, 7) is 1.45. The van der Waals surface area contributed by atoms with Crippen molar-refractivity contribution >= 4 is 16.8 Å². The van der Waals surface area contributed by atoms with Crippen LogP contribution in [0.1, 0.15) is 22.8 Å². The number of rotatable bonds is 2. The van der Waals surface area contributed by atoms with Gasteiger partial charge in [-0.1, -0.05) is 12.1 Å². The quantitative estimate of drug-likeness (QED) is 0.711. The number of nitrogens with one attached hydrogen (secondary N) is 1. The molecule has 0 aliphatic carbocycles. The Kier molecular flexibility index (Phi) is 3.24. The van der Waals surface area contributed by atoms with Crippen LogP contribution in [0.25, 0.3) is 22.4 Å². The molecule has 0 amide bonds. The van der Waals surface area contributed by atoms with Crippen LogP contribution in [0, 0.1) is 0 Å². The maximum absolute atomic E-state index is 12.8. The highest BCUT2D eigenvalue weighted by Crippen LogP contribution is 2.32. The maximum atomic E-state index is 12.8. The average molecular weight is 304 g/mol. The smallest absolute Gasteiger partial charge is 0.338 e. The topological polar surface area (TPSA) is 45.8 Å². The molecule has 0 fully saturated rings. The lowest BCUT2D eigenvalue weighted by molar-refractivity contribution is -0.137. The van der Waals surface area contributed by atoms with Crippen molar-refractivity contribution in [3.8, 4) is 11.4 Å². The number of fused-ring (bicyclic) bond motifs is 1. The third-order valence-corrected chi connectivity index (χ3v) is 3.35. The average Bonchev–Trinajstić information content (AvgIpc) is 2.89. The van der Waals surface area contributed by atoms with Crippen LogP contribution >= 0.6 is 0 Å². The molecule has 3 nitrogen and oxygen atoms in total. The van der Waals surface area contributed by atoms with Crippen molar-refractivity contribution in [1.29, 1.82) is 0 Å². The van der Waals surface area contributed by atoms with Crippen LogP contribution in [-0.2, 0) is 6.18 Å². The van der Waals surface area contributed by atoms with Gasteiger partial charge in [-0.05, 0) is 37.3 Å². The van der Waals surface area contributed by atoms with E-state index in [1.807, 2.05) is 0 Å². The van der Waals surface area contributed by atoms with Gasteiger partial charge in [0.25, 0.3) is 0 Å². The summed E-state index contributed by atoms with van der Waals surface area (Å²) < 4.78 is 38.3. The van der Waals surface area contributed by atoms with E-state index in [4.69, 9.17) is 0 Å². The lowest BCUT2D eigenvalue weighted by Gasteiger charge is -2.07. The van der Waals surface area contributed by atoms with Gasteiger partial charge in [-0.25, -0.2) is 4.98 Å². The van der Waals surface area contributed by atoms with Gasteiger partial charge in [-0.15, -0.1) is 0 Å². The Hall–Kier alpha value is -2.63. The first-order valence-electron chi connectivity index (χ1n) is 6.53. The molecule has 2 aromatic carbocycles. The van der Waals surface area contributed by atoms with Crippen molar-refractivity contribution in [1.82, 2.24) is 9.97 Å². The molecule has 0 saturated heterocycles. The van der Waals surface area contributed by atoms with E-state index < -0.39 is 11.7 Å². The van der Waals surface area contributed by atoms with Crippen LogP contribution in [-0.4, -0.2) is 15.8 Å². The van der Waals surface area contributed by atoms with Gasteiger partial charge in [-0.2, -0.15) is 13.2 Å². The highest BCUT2D eigenvalue weighted by Gasteiger charge is 2.30. The predicted molar refractivity (Wildman–Crippen MR) is 76.5 cm³/mol. The maximum Gasteiger partial charge on any atom is 0.416 e. The number of carbonyl (C=O) groups is 1. The number of imidazole rings is 1. The molecule has 3 aromatic rings. The second-order valence-electron chi connectivity index (χ2n) is 4.95. The van der Waals surface area contributed by atoms with E-state index in [0.717, 1.165) is 12.1 Å². The SMILES string of the molecule is CC(=O)c1ccc2nc(-c3cccc(C(F)(F)F)c3)[nH]c2c1. The van der Waals surface area contributed by atoms with Crippen molar-refractivity contribution in [3.05, 3.63) is 53.6 Å². The summed E-state index contributed by atoms with van der Waals surface area (Å²) in [5, 5.41) is 0. The van der Waals surface area contributed by atoms with Crippen molar-refractivity contribution in [3.63, 3.8) is 0 Å². The monoisotopic (exact) mass is 304 g/mol. The zero-order valence-corrected chi connectivity index (χ0v) is 11.5. The van der Waals surface area contributed by atoms with Crippen molar-refractivity contribution in [2.24, 2.45) is 0 Å². The number of carbonyl (C=O) groups excluding carboxylic acids is 1. The Labute approximate surface area is 123 Å². The molecular formula is C16H11F3N2O. The molecule has 0 radical (unpaired) electrons. The summed E-state index contributed by atoms with van der Waals surface area (Å²) in [7, 11) is 0. The molecular weight excluding hydrogens is 293 g/mol. The Bertz CT molecular complexity index is 865. The highest BCUT2D eigenvalue weighted by atomic mass is 19.4. The van der Waals surface area contributed by atoms with Gasteiger partial charge in [0.05, 0.1) is 16.6 Å². The molecule has 0 aliphatic rings. The van der Waals surface area contributed by atoms with E-state index >= 15 is 0 Å². The molecule has 112 valence electrons. The molecule has 1 aromatic heterocycles. The number of benzene rings is 2. The van der Waals surface area contributed by atoms with Crippen molar-refractivity contribution in [2.75, 3.05) is 0 Å². The predicted octanol–water partition coefficient (Wildman–Crippen LogP) is 4.45. The third-order valence-electron chi connectivity index (χ3n) is 3.35. The highest BCUT2D eigenvalue weighted by molar-refractivity contribution is 5.97. The van der Waals surface area contributed by atoms with Gasteiger partial charge < -0.3 is 4.98 Å². The van der Waals surface area contributed by atoms with Gasteiger partial charge in [0.15, 0.2) is 5.78 Å². The Morgan fingerprint density at radius 2 is 1.91 bits per heavy atom. The number of ketones is 1. The van der Waals surface area contributed by atoms with Crippen LogP contribution in [0.5, 0.6) is 0 Å². The standard InChI is InChI=1S/C16H11F3N2O/c1-9(22)10-5-6-13-14(8-10)21-15(20-13)11-3-2-4-12(7-11)16(17,18)19/h2-8H,1H3,(H,20,21). The molecule has 0 bridgehead atoms. The first-order valence-corrected chi connectivity index (χ1v) is 6.53. The first kappa shape index (κ1) is 14.3. The molecule has 6 heteroatoms. The van der Waals surface area contributed by atoms with Crippen molar-refractivity contribution < 1.29 is 18.0 Å². The normalized spacial score (nSPS) is 11.8. The third kappa shape index (κ3) is 2.59. The summed E-state index contributed by atoms with van der Waals surface area (Å²) in [4.78, 5) is 18.6. The summed E-state index contributed by atoms with van der Waals surface area (Å²) >= 11 is 0. The lowest BCUT2D eigenvalue weighted by atomic mass is 10.1. The largest absolute Gasteiger partial charge is 0.416 e. The van der Waals surface area contributed by atoms with Crippen LogP contribution in [0.15, 0.2) is 42.5 Å². The van der Waals surface area contributed by atoms with Crippen LogP contribution in [0.2, 0.25) is 0 Å². The van der Waals surface area contributed by atoms with Crippen LogP contribution in [0.3, 0.4) is 0 Å². The molecule has 0 aliphatic heterocycles. The summed E-state index contributed by atoms with van der Waals surface area (Å²) in [6.07, 6.45) is -4.40. The minimum atomic E-state index is -4.40. The summed E-state index contributed by atoms with van der Waals surface area (Å²) in [5.74, 6) is 0.249. The number of hydrogen-bond acceptors (Lipinski definition) is 2. The lowest BCUT2D eigenvalue weighted by Crippen LogP contribution is -2.04. The number of alkyl halides is 3. The zero-order chi connectivity index (χ0) is 15.9. The molecule has 0 unspecified atom stereocenters. The number of hydrogen-bond donors (Lipinski definition) is 1. The minimum absolute atomic E-state index is 0.0860. The fourth-order valence-electron chi connectivity index (χ4n) is 2.21. The number of aromatic nitrogens is 2. The summed E-state index contributed by atoms with van der Waals surface area (Å²) in [6, 6.07) is 9.90. The van der Waals surface area contributed by atoms with E-state index in [0.29, 0.717) is 28.0 Å². The molecule has 3 rings (SSSR count). The molecule has 1 heterocycles. The van der Waals surface area contributed by atoms with E-state index in [2.05, 4.69) is 9.97 Å². The number of Topliss-reactive ketones (excluding diaryl/α,β-unsaturated/α-hetero) is 1. The molecule has 0 saturated carbocycles. The van der Waals surface area contributed by atoms with Gasteiger partial charge >= 0.3 is 6.18 Å². The molecule has 0 spiro atoms.